The standard InChI is InChI=1S/C8H12O7S/c1-8(2)4-14-7(10)6(8)15-5(9)3-16(11,12)13/h6H,3-4H2,1-2H3,(H,11,12,13). The van der Waals surface area contributed by atoms with Gasteiger partial charge in [-0.3, -0.25) is 9.35 Å². The second kappa shape index (κ2) is 4.02. The van der Waals surface area contributed by atoms with Crippen LogP contribution in [0.1, 0.15) is 13.8 Å². The summed E-state index contributed by atoms with van der Waals surface area (Å²) >= 11 is 0. The maximum absolute atomic E-state index is 11.2. The first kappa shape index (κ1) is 12.9. The van der Waals surface area contributed by atoms with Crippen molar-refractivity contribution in [2.24, 2.45) is 5.41 Å². The molecule has 1 rings (SSSR count). The molecule has 16 heavy (non-hydrogen) atoms. The van der Waals surface area contributed by atoms with Crippen molar-refractivity contribution < 1.29 is 32.0 Å². The van der Waals surface area contributed by atoms with Gasteiger partial charge in [-0.1, -0.05) is 13.8 Å². The third-order valence-corrected chi connectivity index (χ3v) is 2.66. The van der Waals surface area contributed by atoms with Crippen LogP contribution in [-0.4, -0.2) is 43.4 Å². The third-order valence-electron chi connectivity index (χ3n) is 2.06. The van der Waals surface area contributed by atoms with Gasteiger partial charge in [-0.2, -0.15) is 8.42 Å². The summed E-state index contributed by atoms with van der Waals surface area (Å²) in [7, 11) is -4.45. The van der Waals surface area contributed by atoms with Crippen LogP contribution in [0.4, 0.5) is 0 Å². The third kappa shape index (κ3) is 3.17. The lowest BCUT2D eigenvalue weighted by Crippen LogP contribution is -2.36. The van der Waals surface area contributed by atoms with E-state index in [0.717, 1.165) is 0 Å². The Morgan fingerprint density at radius 2 is 2.19 bits per heavy atom. The Kier molecular flexibility index (Phi) is 3.25. The molecule has 1 fully saturated rings. The summed E-state index contributed by atoms with van der Waals surface area (Å²) in [5, 5.41) is 0. The molecule has 1 aliphatic rings. The van der Waals surface area contributed by atoms with Crippen molar-refractivity contribution in [2.45, 2.75) is 20.0 Å². The first-order valence-electron chi connectivity index (χ1n) is 4.43. The normalized spacial score (nSPS) is 23.9. The molecule has 1 aliphatic heterocycles. The molecule has 8 heteroatoms. The van der Waals surface area contributed by atoms with Gasteiger partial charge in [0.2, 0.25) is 6.10 Å². The van der Waals surface area contributed by atoms with Crippen molar-refractivity contribution in [3.63, 3.8) is 0 Å². The molecule has 1 saturated heterocycles. The Morgan fingerprint density at radius 3 is 2.56 bits per heavy atom. The smallest absolute Gasteiger partial charge is 0.348 e. The van der Waals surface area contributed by atoms with E-state index in [2.05, 4.69) is 9.47 Å². The zero-order valence-electron chi connectivity index (χ0n) is 8.80. The molecule has 0 saturated carbocycles. The number of carbonyl (C=O) groups is 2. The van der Waals surface area contributed by atoms with Gasteiger partial charge in [0.25, 0.3) is 10.1 Å². The van der Waals surface area contributed by atoms with Crippen molar-refractivity contribution in [1.29, 1.82) is 0 Å². The number of esters is 2. The molecule has 0 aromatic heterocycles. The van der Waals surface area contributed by atoms with Gasteiger partial charge in [-0.25, -0.2) is 4.79 Å². The molecular formula is C8H12O7S. The summed E-state index contributed by atoms with van der Waals surface area (Å²) in [6.45, 7) is 3.38. The van der Waals surface area contributed by atoms with Crippen LogP contribution in [0.15, 0.2) is 0 Å². The molecule has 1 heterocycles. The van der Waals surface area contributed by atoms with E-state index in [-0.39, 0.29) is 6.61 Å². The average molecular weight is 252 g/mol. The molecular weight excluding hydrogens is 240 g/mol. The number of carbonyl (C=O) groups excluding carboxylic acids is 2. The van der Waals surface area contributed by atoms with Crippen LogP contribution in [0.25, 0.3) is 0 Å². The molecule has 0 aliphatic carbocycles. The Morgan fingerprint density at radius 1 is 1.62 bits per heavy atom. The van der Waals surface area contributed by atoms with E-state index < -0.39 is 39.3 Å². The summed E-state index contributed by atoms with van der Waals surface area (Å²) in [5.74, 6) is -3.07. The van der Waals surface area contributed by atoms with E-state index in [4.69, 9.17) is 4.55 Å². The van der Waals surface area contributed by atoms with E-state index in [9.17, 15) is 18.0 Å². The molecule has 0 aromatic rings. The SMILES string of the molecule is CC1(C)COC(=O)C1OC(=O)CS(=O)(=O)O. The lowest BCUT2D eigenvalue weighted by molar-refractivity contribution is -0.161. The number of hydrogen-bond donors (Lipinski definition) is 1. The largest absolute Gasteiger partial charge is 0.462 e. The first-order chi connectivity index (χ1) is 7.12. The van der Waals surface area contributed by atoms with Crippen LogP contribution in [-0.2, 0) is 29.2 Å². The highest BCUT2D eigenvalue weighted by atomic mass is 32.2. The molecule has 1 atom stereocenters. The van der Waals surface area contributed by atoms with E-state index in [1.807, 2.05) is 0 Å². The van der Waals surface area contributed by atoms with Gasteiger partial charge in [0, 0.05) is 5.41 Å². The molecule has 92 valence electrons. The lowest BCUT2D eigenvalue weighted by Gasteiger charge is -2.21. The molecule has 0 spiro atoms. The highest BCUT2D eigenvalue weighted by Crippen LogP contribution is 2.30. The van der Waals surface area contributed by atoms with Gasteiger partial charge in [0.1, 0.15) is 6.61 Å². The van der Waals surface area contributed by atoms with Crippen LogP contribution < -0.4 is 0 Å². The van der Waals surface area contributed by atoms with Crippen molar-refractivity contribution >= 4 is 22.1 Å². The fourth-order valence-corrected chi connectivity index (χ4v) is 1.62. The Labute approximate surface area is 92.5 Å². The Balaban J connectivity index is 2.67. The van der Waals surface area contributed by atoms with Gasteiger partial charge in [-0.05, 0) is 0 Å². The molecule has 1 N–H and O–H groups in total. The molecule has 0 aromatic carbocycles. The van der Waals surface area contributed by atoms with Gasteiger partial charge in [-0.15, -0.1) is 0 Å². The van der Waals surface area contributed by atoms with Crippen LogP contribution in [0, 0.1) is 5.41 Å². The average Bonchev–Trinajstić information content (AvgIpc) is 2.28. The molecule has 0 radical (unpaired) electrons. The minimum absolute atomic E-state index is 0.0929. The van der Waals surface area contributed by atoms with Crippen LogP contribution >= 0.6 is 0 Å². The summed E-state index contributed by atoms with van der Waals surface area (Å²) < 4.78 is 38.6. The predicted octanol–water partition coefficient (Wildman–Crippen LogP) is -0.631. The van der Waals surface area contributed by atoms with Crippen molar-refractivity contribution in [1.82, 2.24) is 0 Å². The van der Waals surface area contributed by atoms with Crippen LogP contribution in [0.3, 0.4) is 0 Å². The van der Waals surface area contributed by atoms with E-state index in [1.54, 1.807) is 13.8 Å². The van der Waals surface area contributed by atoms with Gasteiger partial charge >= 0.3 is 11.9 Å². The second-order valence-corrected chi connectivity index (χ2v) is 5.64. The molecule has 7 nitrogen and oxygen atoms in total. The summed E-state index contributed by atoms with van der Waals surface area (Å²) in [5.41, 5.74) is -0.702. The maximum atomic E-state index is 11.2. The van der Waals surface area contributed by atoms with E-state index in [0.29, 0.717) is 0 Å². The zero-order valence-corrected chi connectivity index (χ0v) is 9.61. The quantitative estimate of drug-likeness (QED) is 0.526. The van der Waals surface area contributed by atoms with Gasteiger partial charge < -0.3 is 9.47 Å². The molecule has 1 unspecified atom stereocenters. The Hall–Kier alpha value is -1.15. The lowest BCUT2D eigenvalue weighted by atomic mass is 9.90. The summed E-state index contributed by atoms with van der Waals surface area (Å²) in [6.07, 6.45) is -1.14. The first-order valence-corrected chi connectivity index (χ1v) is 6.04. The summed E-state index contributed by atoms with van der Waals surface area (Å²) in [6, 6.07) is 0. The van der Waals surface area contributed by atoms with Crippen molar-refractivity contribution in [3.8, 4) is 0 Å². The number of ether oxygens (including phenoxy) is 2. The molecule has 0 bridgehead atoms. The second-order valence-electron chi connectivity index (χ2n) is 4.19. The predicted molar refractivity (Wildman–Crippen MR) is 51.0 cm³/mol. The number of hydrogen-bond acceptors (Lipinski definition) is 6. The zero-order chi connectivity index (χ0) is 12.6. The fourth-order valence-electron chi connectivity index (χ4n) is 1.25. The maximum Gasteiger partial charge on any atom is 0.348 e. The highest BCUT2D eigenvalue weighted by molar-refractivity contribution is 7.86. The highest BCUT2D eigenvalue weighted by Gasteiger charge is 2.46. The Bertz CT molecular complexity index is 408. The fraction of sp³-hybridized carbons (Fsp3) is 0.750. The van der Waals surface area contributed by atoms with Gasteiger partial charge in [0.15, 0.2) is 5.75 Å². The monoisotopic (exact) mass is 252 g/mol. The minimum Gasteiger partial charge on any atom is -0.462 e. The van der Waals surface area contributed by atoms with E-state index >= 15 is 0 Å². The van der Waals surface area contributed by atoms with Crippen LogP contribution in [0.2, 0.25) is 0 Å². The summed E-state index contributed by atoms with van der Waals surface area (Å²) in [4.78, 5) is 22.3. The van der Waals surface area contributed by atoms with Crippen molar-refractivity contribution in [3.05, 3.63) is 0 Å². The minimum atomic E-state index is -4.45. The topological polar surface area (TPSA) is 107 Å². The van der Waals surface area contributed by atoms with Crippen LogP contribution in [0.5, 0.6) is 0 Å². The number of rotatable bonds is 3. The van der Waals surface area contributed by atoms with E-state index in [1.165, 1.54) is 0 Å². The number of cyclic esters (lactones) is 1. The van der Waals surface area contributed by atoms with Gasteiger partial charge in [0.05, 0.1) is 0 Å². The van der Waals surface area contributed by atoms with Crippen molar-refractivity contribution in [2.75, 3.05) is 12.4 Å². The molecule has 0 amide bonds.